The van der Waals surface area contributed by atoms with E-state index in [0.29, 0.717) is 22.5 Å². The molecule has 2 aromatic carbocycles. The van der Waals surface area contributed by atoms with Crippen molar-refractivity contribution in [3.8, 4) is 17.0 Å². The zero-order valence-electron chi connectivity index (χ0n) is 13.3. The Hall–Kier alpha value is -2.93. The molecule has 0 atom stereocenters. The van der Waals surface area contributed by atoms with Crippen molar-refractivity contribution in [1.29, 1.82) is 0 Å². The lowest BCUT2D eigenvalue weighted by Gasteiger charge is -2.03. The van der Waals surface area contributed by atoms with E-state index in [2.05, 4.69) is 36.7 Å². The van der Waals surface area contributed by atoms with Gasteiger partial charge in [0.05, 0.1) is 11.9 Å². The molecule has 126 valence electrons. The van der Waals surface area contributed by atoms with E-state index in [1.807, 2.05) is 30.3 Å². The molecule has 6 nitrogen and oxygen atoms in total. The second-order valence-corrected chi connectivity index (χ2v) is 6.31. The molecule has 0 fully saturated rings. The highest BCUT2D eigenvalue weighted by Crippen LogP contribution is 2.25. The summed E-state index contributed by atoms with van der Waals surface area (Å²) in [5.41, 5.74) is 5.51. The van der Waals surface area contributed by atoms with Crippen molar-refractivity contribution < 1.29 is 9.90 Å². The number of aromatic hydroxyl groups is 1. The molecule has 0 bridgehead atoms. The molecular formula is C18H15BrN4O2. The highest BCUT2D eigenvalue weighted by atomic mass is 79.9. The first kappa shape index (κ1) is 16.9. The van der Waals surface area contributed by atoms with Crippen LogP contribution in [0, 0.1) is 6.92 Å². The van der Waals surface area contributed by atoms with E-state index in [9.17, 15) is 9.90 Å². The van der Waals surface area contributed by atoms with Gasteiger partial charge in [0.15, 0.2) is 0 Å². The molecule has 1 aromatic heterocycles. The largest absolute Gasteiger partial charge is 0.507 e. The van der Waals surface area contributed by atoms with Crippen molar-refractivity contribution in [3.05, 3.63) is 69.8 Å². The smallest absolute Gasteiger partial charge is 0.289 e. The van der Waals surface area contributed by atoms with Crippen LogP contribution in [0.4, 0.5) is 0 Å². The van der Waals surface area contributed by atoms with E-state index in [-0.39, 0.29) is 5.75 Å². The Morgan fingerprint density at radius 2 is 2.04 bits per heavy atom. The molecule has 0 saturated heterocycles. The molecule has 0 aliphatic carbocycles. The Morgan fingerprint density at radius 1 is 1.28 bits per heavy atom. The van der Waals surface area contributed by atoms with Crippen LogP contribution in [0.3, 0.4) is 0 Å². The number of aromatic nitrogens is 2. The van der Waals surface area contributed by atoms with Gasteiger partial charge in [-0.25, -0.2) is 5.43 Å². The lowest BCUT2D eigenvalue weighted by atomic mass is 10.1. The fourth-order valence-electron chi connectivity index (χ4n) is 2.28. The molecule has 0 saturated carbocycles. The number of nitrogens with one attached hydrogen (secondary N) is 2. The third kappa shape index (κ3) is 3.95. The molecular weight excluding hydrogens is 384 g/mol. The number of hydrogen-bond donors (Lipinski definition) is 3. The van der Waals surface area contributed by atoms with E-state index >= 15 is 0 Å². The normalized spacial score (nSPS) is 11.0. The maximum Gasteiger partial charge on any atom is 0.289 e. The fourth-order valence-corrected chi connectivity index (χ4v) is 2.87. The number of carbonyl (C=O) groups excluding carboxylic acids is 1. The number of benzene rings is 2. The topological polar surface area (TPSA) is 90.4 Å². The first-order valence-corrected chi connectivity index (χ1v) is 8.27. The SMILES string of the molecule is Cc1cc(Br)cc(C=NNC(=O)c2cc(-c3ccccc3)n[nH]2)c1O. The molecule has 25 heavy (non-hydrogen) atoms. The minimum Gasteiger partial charge on any atom is -0.507 e. The summed E-state index contributed by atoms with van der Waals surface area (Å²) in [5.74, 6) is -0.300. The van der Waals surface area contributed by atoms with Crippen LogP contribution in [-0.2, 0) is 0 Å². The van der Waals surface area contributed by atoms with Crippen LogP contribution in [0.25, 0.3) is 11.3 Å². The van der Waals surface area contributed by atoms with Crippen molar-refractivity contribution >= 4 is 28.1 Å². The number of phenols is 1. The molecule has 0 radical (unpaired) electrons. The van der Waals surface area contributed by atoms with Gasteiger partial charge in [0.1, 0.15) is 11.4 Å². The van der Waals surface area contributed by atoms with Gasteiger partial charge in [-0.1, -0.05) is 46.3 Å². The first-order chi connectivity index (χ1) is 12.0. The number of halogens is 1. The molecule has 0 aliphatic heterocycles. The maximum atomic E-state index is 12.1. The third-order valence-electron chi connectivity index (χ3n) is 3.56. The molecule has 7 heteroatoms. The Morgan fingerprint density at radius 3 is 2.80 bits per heavy atom. The number of hydrogen-bond acceptors (Lipinski definition) is 4. The molecule has 0 aliphatic rings. The molecule has 3 N–H and O–H groups in total. The number of phenolic OH excluding ortho intramolecular Hbond substituents is 1. The summed E-state index contributed by atoms with van der Waals surface area (Å²) in [6.07, 6.45) is 1.39. The number of amides is 1. The molecule has 0 unspecified atom stereocenters. The van der Waals surface area contributed by atoms with E-state index < -0.39 is 5.91 Å². The minimum atomic E-state index is -0.419. The Kier molecular flexibility index (Phi) is 4.95. The Bertz CT molecular complexity index is 936. The van der Waals surface area contributed by atoms with Gasteiger partial charge in [0.25, 0.3) is 5.91 Å². The first-order valence-electron chi connectivity index (χ1n) is 7.48. The van der Waals surface area contributed by atoms with Gasteiger partial charge in [-0.05, 0) is 30.7 Å². The van der Waals surface area contributed by atoms with Crippen molar-refractivity contribution in [2.75, 3.05) is 0 Å². The van der Waals surface area contributed by atoms with Gasteiger partial charge in [0.2, 0.25) is 0 Å². The van der Waals surface area contributed by atoms with Gasteiger partial charge in [-0.15, -0.1) is 0 Å². The minimum absolute atomic E-state index is 0.120. The zero-order chi connectivity index (χ0) is 17.8. The number of carbonyl (C=O) groups is 1. The highest BCUT2D eigenvalue weighted by Gasteiger charge is 2.10. The third-order valence-corrected chi connectivity index (χ3v) is 4.01. The quantitative estimate of drug-likeness (QED) is 0.462. The van der Waals surface area contributed by atoms with E-state index in [0.717, 1.165) is 10.0 Å². The predicted molar refractivity (Wildman–Crippen MR) is 99.6 cm³/mol. The summed E-state index contributed by atoms with van der Waals surface area (Å²) in [6, 6.07) is 14.7. The number of hydrazone groups is 1. The number of aryl methyl sites for hydroxylation is 1. The van der Waals surface area contributed by atoms with Gasteiger partial charge in [-0.2, -0.15) is 10.2 Å². The van der Waals surface area contributed by atoms with E-state index in [1.165, 1.54) is 6.21 Å². The lowest BCUT2D eigenvalue weighted by molar-refractivity contribution is 0.0950. The maximum absolute atomic E-state index is 12.1. The van der Waals surface area contributed by atoms with Crippen LogP contribution in [0.15, 0.2) is 58.1 Å². The fraction of sp³-hybridized carbons (Fsp3) is 0.0556. The van der Waals surface area contributed by atoms with Crippen molar-refractivity contribution in [2.45, 2.75) is 6.92 Å². The van der Waals surface area contributed by atoms with E-state index in [4.69, 9.17) is 0 Å². The lowest BCUT2D eigenvalue weighted by Crippen LogP contribution is -2.18. The number of nitrogens with zero attached hydrogens (tertiary/aromatic N) is 2. The summed E-state index contributed by atoms with van der Waals surface area (Å²) in [5, 5.41) is 20.7. The van der Waals surface area contributed by atoms with Crippen molar-refractivity contribution in [3.63, 3.8) is 0 Å². The second-order valence-electron chi connectivity index (χ2n) is 5.39. The van der Waals surface area contributed by atoms with Crippen LogP contribution in [0.1, 0.15) is 21.6 Å². The Balaban J connectivity index is 1.70. The van der Waals surface area contributed by atoms with Crippen LogP contribution in [-0.4, -0.2) is 27.4 Å². The average Bonchev–Trinajstić information content (AvgIpc) is 3.10. The summed E-state index contributed by atoms with van der Waals surface area (Å²) in [7, 11) is 0. The number of aromatic amines is 1. The standard InChI is InChI=1S/C18H15BrN4O2/c1-11-7-14(19)8-13(17(11)24)10-20-23-18(25)16-9-15(21-22-16)12-5-3-2-4-6-12/h2-10,24H,1H3,(H,21,22)(H,23,25). The van der Waals surface area contributed by atoms with E-state index in [1.54, 1.807) is 25.1 Å². The van der Waals surface area contributed by atoms with Crippen LogP contribution in [0.2, 0.25) is 0 Å². The van der Waals surface area contributed by atoms with Crippen LogP contribution < -0.4 is 5.43 Å². The van der Waals surface area contributed by atoms with Crippen LogP contribution in [0.5, 0.6) is 5.75 Å². The molecule has 0 spiro atoms. The van der Waals surface area contributed by atoms with Gasteiger partial charge < -0.3 is 5.11 Å². The summed E-state index contributed by atoms with van der Waals surface area (Å²) >= 11 is 3.36. The zero-order valence-corrected chi connectivity index (χ0v) is 14.9. The second kappa shape index (κ2) is 7.31. The molecule has 3 rings (SSSR count). The predicted octanol–water partition coefficient (Wildman–Crippen LogP) is 3.62. The number of rotatable bonds is 4. The molecule has 3 aromatic rings. The van der Waals surface area contributed by atoms with Crippen LogP contribution >= 0.6 is 15.9 Å². The summed E-state index contributed by atoms with van der Waals surface area (Å²) < 4.78 is 0.816. The Labute approximate surface area is 152 Å². The average molecular weight is 399 g/mol. The van der Waals surface area contributed by atoms with Gasteiger partial charge in [-0.3, -0.25) is 9.89 Å². The molecule has 1 heterocycles. The summed E-state index contributed by atoms with van der Waals surface area (Å²) in [6.45, 7) is 1.78. The monoisotopic (exact) mass is 398 g/mol. The van der Waals surface area contributed by atoms with Gasteiger partial charge in [0, 0.05) is 15.6 Å². The van der Waals surface area contributed by atoms with Gasteiger partial charge >= 0.3 is 0 Å². The molecule has 1 amide bonds. The summed E-state index contributed by atoms with van der Waals surface area (Å²) in [4.78, 5) is 12.1. The highest BCUT2D eigenvalue weighted by molar-refractivity contribution is 9.10. The van der Waals surface area contributed by atoms with Crippen molar-refractivity contribution in [2.24, 2.45) is 5.10 Å². The number of H-pyrrole nitrogens is 1. The van der Waals surface area contributed by atoms with Crippen molar-refractivity contribution in [1.82, 2.24) is 15.6 Å².